The minimum Gasteiger partial charge on any atom is -0.378 e. The third-order valence-electron chi connectivity index (χ3n) is 3.12. The highest BCUT2D eigenvalue weighted by Crippen LogP contribution is 2.14. The number of hydrogen-bond acceptors (Lipinski definition) is 5. The lowest BCUT2D eigenvalue weighted by molar-refractivity contribution is 0.980. The van der Waals surface area contributed by atoms with Gasteiger partial charge in [0.15, 0.2) is 5.65 Å². The molecule has 3 aromatic rings. The van der Waals surface area contributed by atoms with Crippen LogP contribution in [0.5, 0.6) is 0 Å². The van der Waals surface area contributed by atoms with Crippen LogP contribution in [0.1, 0.15) is 5.69 Å². The molecule has 0 radical (unpaired) electrons. The van der Waals surface area contributed by atoms with Gasteiger partial charge >= 0.3 is 0 Å². The van der Waals surface area contributed by atoms with Crippen molar-refractivity contribution in [2.24, 2.45) is 0 Å². The Hall–Kier alpha value is -2.15. The van der Waals surface area contributed by atoms with Crippen molar-refractivity contribution in [3.05, 3.63) is 47.2 Å². The second-order valence-corrected chi connectivity index (χ2v) is 5.65. The van der Waals surface area contributed by atoms with E-state index in [2.05, 4.69) is 36.2 Å². The first-order valence-corrected chi connectivity index (χ1v) is 7.27. The topological polar surface area (TPSA) is 58.3 Å². The van der Waals surface area contributed by atoms with Crippen molar-refractivity contribution < 1.29 is 0 Å². The third-order valence-corrected chi connectivity index (χ3v) is 3.53. The fourth-order valence-corrected chi connectivity index (χ4v) is 2.30. The molecular weight excluding hydrogens is 332 g/mol. The first kappa shape index (κ1) is 13.8. The zero-order valence-electron chi connectivity index (χ0n) is 11.8. The number of anilines is 2. The van der Waals surface area contributed by atoms with Crippen LogP contribution in [-0.4, -0.2) is 33.4 Å². The number of pyridine rings is 1. The summed E-state index contributed by atoms with van der Waals surface area (Å²) in [6.45, 7) is 0.667. The van der Waals surface area contributed by atoms with Crippen LogP contribution >= 0.6 is 15.9 Å². The number of nitrogens with one attached hydrogen (secondary N) is 1. The second-order valence-electron chi connectivity index (χ2n) is 4.84. The molecule has 3 aromatic heterocycles. The highest BCUT2D eigenvalue weighted by Gasteiger charge is 2.04. The minimum absolute atomic E-state index is 0.667. The Kier molecular flexibility index (Phi) is 3.74. The van der Waals surface area contributed by atoms with Crippen molar-refractivity contribution in [2.45, 2.75) is 6.54 Å². The van der Waals surface area contributed by atoms with Gasteiger partial charge < -0.3 is 10.2 Å². The van der Waals surface area contributed by atoms with Crippen LogP contribution in [0.3, 0.4) is 0 Å². The first-order valence-electron chi connectivity index (χ1n) is 6.48. The van der Waals surface area contributed by atoms with Crippen LogP contribution < -0.4 is 10.2 Å². The zero-order chi connectivity index (χ0) is 14.8. The van der Waals surface area contributed by atoms with Gasteiger partial charge in [0.05, 0.1) is 36.5 Å². The monoisotopic (exact) mass is 346 g/mol. The van der Waals surface area contributed by atoms with E-state index < -0.39 is 0 Å². The van der Waals surface area contributed by atoms with E-state index in [-0.39, 0.29) is 0 Å². The van der Waals surface area contributed by atoms with Gasteiger partial charge in [-0.25, -0.2) is 15.0 Å². The molecule has 0 fully saturated rings. The largest absolute Gasteiger partial charge is 0.378 e. The Morgan fingerprint density at radius 2 is 2.00 bits per heavy atom. The lowest BCUT2D eigenvalue weighted by Crippen LogP contribution is -2.10. The van der Waals surface area contributed by atoms with E-state index in [1.54, 1.807) is 6.20 Å². The van der Waals surface area contributed by atoms with Crippen molar-refractivity contribution in [1.29, 1.82) is 0 Å². The maximum absolute atomic E-state index is 4.38. The van der Waals surface area contributed by atoms with E-state index in [4.69, 9.17) is 0 Å². The molecule has 0 aliphatic carbocycles. The summed E-state index contributed by atoms with van der Waals surface area (Å²) in [5.41, 5.74) is 2.87. The van der Waals surface area contributed by atoms with E-state index >= 15 is 0 Å². The lowest BCUT2D eigenvalue weighted by atomic mass is 10.3. The van der Waals surface area contributed by atoms with Gasteiger partial charge in [0.2, 0.25) is 0 Å². The normalized spacial score (nSPS) is 10.8. The van der Waals surface area contributed by atoms with E-state index in [0.717, 1.165) is 27.4 Å². The Balaban J connectivity index is 1.75. The van der Waals surface area contributed by atoms with Gasteiger partial charge in [-0.05, 0) is 28.1 Å². The van der Waals surface area contributed by atoms with Crippen LogP contribution in [0.4, 0.5) is 11.5 Å². The average Bonchev–Trinajstić information content (AvgIpc) is 2.88. The number of nitrogens with zero attached hydrogens (tertiary/aromatic N) is 5. The highest BCUT2D eigenvalue weighted by molar-refractivity contribution is 9.10. The van der Waals surface area contributed by atoms with E-state index in [1.807, 2.05) is 54.1 Å². The molecule has 0 saturated heterocycles. The Bertz CT molecular complexity index is 750. The Morgan fingerprint density at radius 1 is 1.14 bits per heavy atom. The molecule has 0 aliphatic rings. The molecule has 3 heterocycles. The maximum atomic E-state index is 4.38. The van der Waals surface area contributed by atoms with Gasteiger partial charge in [0.25, 0.3) is 0 Å². The second kappa shape index (κ2) is 5.69. The summed E-state index contributed by atoms with van der Waals surface area (Å²) < 4.78 is 2.79. The van der Waals surface area contributed by atoms with Crippen LogP contribution in [-0.2, 0) is 6.54 Å². The molecule has 6 nitrogen and oxygen atoms in total. The van der Waals surface area contributed by atoms with Gasteiger partial charge in [-0.2, -0.15) is 0 Å². The maximum Gasteiger partial charge on any atom is 0.155 e. The van der Waals surface area contributed by atoms with Crippen LogP contribution in [0.15, 0.2) is 41.5 Å². The van der Waals surface area contributed by atoms with E-state index in [0.29, 0.717) is 6.54 Å². The van der Waals surface area contributed by atoms with E-state index in [9.17, 15) is 0 Å². The van der Waals surface area contributed by atoms with Gasteiger partial charge in [0, 0.05) is 20.3 Å². The van der Waals surface area contributed by atoms with Crippen LogP contribution in [0, 0.1) is 0 Å². The smallest absolute Gasteiger partial charge is 0.155 e. The van der Waals surface area contributed by atoms with Gasteiger partial charge in [-0.1, -0.05) is 0 Å². The molecule has 3 rings (SSSR count). The van der Waals surface area contributed by atoms with Crippen molar-refractivity contribution in [1.82, 2.24) is 19.4 Å². The first-order chi connectivity index (χ1) is 10.1. The van der Waals surface area contributed by atoms with Gasteiger partial charge in [-0.3, -0.25) is 4.40 Å². The quantitative estimate of drug-likeness (QED) is 0.786. The molecule has 0 aromatic carbocycles. The number of aromatic nitrogens is 4. The van der Waals surface area contributed by atoms with Crippen molar-refractivity contribution in [3.8, 4) is 0 Å². The molecule has 108 valence electrons. The van der Waals surface area contributed by atoms with Crippen LogP contribution in [0.25, 0.3) is 5.65 Å². The summed E-state index contributed by atoms with van der Waals surface area (Å²) in [4.78, 5) is 14.8. The lowest BCUT2D eigenvalue weighted by Gasteiger charge is -2.12. The molecule has 21 heavy (non-hydrogen) atoms. The average molecular weight is 347 g/mol. The predicted molar refractivity (Wildman–Crippen MR) is 86.6 cm³/mol. The summed E-state index contributed by atoms with van der Waals surface area (Å²) in [5.74, 6) is 0.936. The fraction of sp³-hybridized carbons (Fsp3) is 0.214. The minimum atomic E-state index is 0.667. The third kappa shape index (κ3) is 2.97. The standard InChI is InChI=1S/C14H15BrN6/c1-20(2)13-4-3-10(5-18-13)16-6-11-7-19-14-8-17-12(15)9-21(11)14/h3-5,7-9,16H,6H2,1-2H3. The predicted octanol–water partition coefficient (Wildman–Crippen LogP) is 2.56. The summed E-state index contributed by atoms with van der Waals surface area (Å²) in [7, 11) is 3.94. The molecule has 0 atom stereocenters. The molecular formula is C14H15BrN6. The summed E-state index contributed by atoms with van der Waals surface area (Å²) in [6.07, 6.45) is 7.32. The van der Waals surface area contributed by atoms with Crippen molar-refractivity contribution in [2.75, 3.05) is 24.3 Å². The fourth-order valence-electron chi connectivity index (χ4n) is 1.99. The number of hydrogen-bond donors (Lipinski definition) is 1. The molecule has 0 saturated carbocycles. The zero-order valence-corrected chi connectivity index (χ0v) is 13.4. The highest BCUT2D eigenvalue weighted by atomic mass is 79.9. The number of fused-ring (bicyclic) bond motifs is 1. The summed E-state index contributed by atoms with van der Waals surface area (Å²) >= 11 is 3.37. The molecule has 1 N–H and O–H groups in total. The summed E-state index contributed by atoms with van der Waals surface area (Å²) in [5, 5.41) is 3.35. The number of rotatable bonds is 4. The van der Waals surface area contributed by atoms with E-state index in [1.165, 1.54) is 0 Å². The Morgan fingerprint density at radius 3 is 2.71 bits per heavy atom. The molecule has 0 spiro atoms. The van der Waals surface area contributed by atoms with Crippen molar-refractivity contribution in [3.63, 3.8) is 0 Å². The SMILES string of the molecule is CN(C)c1ccc(NCc2cnc3cnc(Br)cn23)cn1. The number of imidazole rings is 1. The molecule has 0 unspecified atom stereocenters. The van der Waals surface area contributed by atoms with Crippen molar-refractivity contribution >= 4 is 33.1 Å². The molecule has 0 aliphatic heterocycles. The molecule has 7 heteroatoms. The van der Waals surface area contributed by atoms with Crippen LogP contribution in [0.2, 0.25) is 0 Å². The molecule has 0 bridgehead atoms. The van der Waals surface area contributed by atoms with Gasteiger partial charge in [0.1, 0.15) is 10.4 Å². The Labute approximate surface area is 131 Å². The number of halogens is 1. The van der Waals surface area contributed by atoms with Gasteiger partial charge in [-0.15, -0.1) is 0 Å². The summed E-state index contributed by atoms with van der Waals surface area (Å²) in [6, 6.07) is 4.00. The molecule has 0 amide bonds.